The summed E-state index contributed by atoms with van der Waals surface area (Å²) in [6.07, 6.45) is 6.39. The lowest BCUT2D eigenvalue weighted by Crippen LogP contribution is -2.07. The van der Waals surface area contributed by atoms with Crippen LogP contribution in [0.1, 0.15) is 49.1 Å². The second kappa shape index (κ2) is 7.27. The summed E-state index contributed by atoms with van der Waals surface area (Å²) in [5.74, 6) is 1.54. The Hall–Kier alpha value is -2.36. The number of ether oxygens (including phenoxy) is 1. The van der Waals surface area contributed by atoms with E-state index in [4.69, 9.17) is 4.74 Å². The first kappa shape index (κ1) is 15.5. The van der Waals surface area contributed by atoms with Crippen LogP contribution in [0.4, 0.5) is 5.69 Å². The third-order valence-corrected chi connectivity index (χ3v) is 4.51. The molecule has 23 heavy (non-hydrogen) atoms. The zero-order chi connectivity index (χ0) is 16.1. The van der Waals surface area contributed by atoms with Crippen LogP contribution < -0.4 is 4.74 Å². The molecule has 0 unspecified atom stereocenters. The van der Waals surface area contributed by atoms with Crippen molar-refractivity contribution in [2.45, 2.75) is 44.6 Å². The molecule has 1 saturated carbocycles. The van der Waals surface area contributed by atoms with Gasteiger partial charge in [0.1, 0.15) is 12.4 Å². The molecule has 2 aromatic rings. The molecule has 4 heteroatoms. The molecule has 2 aromatic carbocycles. The average molecular weight is 311 g/mol. The van der Waals surface area contributed by atoms with Crippen LogP contribution in [0.3, 0.4) is 0 Å². The van der Waals surface area contributed by atoms with E-state index in [1.807, 2.05) is 12.1 Å². The van der Waals surface area contributed by atoms with Crippen molar-refractivity contribution in [3.8, 4) is 5.75 Å². The van der Waals surface area contributed by atoms with E-state index in [2.05, 4.69) is 12.1 Å². The molecule has 0 heterocycles. The first-order chi connectivity index (χ1) is 11.2. The summed E-state index contributed by atoms with van der Waals surface area (Å²) >= 11 is 0. The molecule has 1 aliphatic carbocycles. The largest absolute Gasteiger partial charge is 0.489 e. The zero-order valence-electron chi connectivity index (χ0n) is 13.1. The highest BCUT2D eigenvalue weighted by Gasteiger charge is 2.18. The molecule has 0 aromatic heterocycles. The predicted molar refractivity (Wildman–Crippen MR) is 89.7 cm³/mol. The van der Waals surface area contributed by atoms with Gasteiger partial charge in [0, 0.05) is 12.1 Å². The van der Waals surface area contributed by atoms with E-state index in [-0.39, 0.29) is 10.6 Å². The minimum absolute atomic E-state index is 0.108. The Balaban J connectivity index is 1.69. The number of non-ortho nitro benzene ring substituents is 1. The molecule has 0 bridgehead atoms. The summed E-state index contributed by atoms with van der Waals surface area (Å²) in [4.78, 5) is 10.3. The van der Waals surface area contributed by atoms with Gasteiger partial charge in [-0.15, -0.1) is 0 Å². The monoisotopic (exact) mass is 311 g/mol. The van der Waals surface area contributed by atoms with Crippen LogP contribution >= 0.6 is 0 Å². The molecule has 0 radical (unpaired) electrons. The molecule has 0 saturated heterocycles. The van der Waals surface area contributed by atoms with Gasteiger partial charge in [0.05, 0.1) is 4.92 Å². The third kappa shape index (κ3) is 3.89. The van der Waals surface area contributed by atoms with Gasteiger partial charge < -0.3 is 4.74 Å². The molecular formula is C19H21NO3. The number of hydrogen-bond donors (Lipinski definition) is 0. The summed E-state index contributed by atoms with van der Waals surface area (Å²) in [5, 5.41) is 10.7. The zero-order valence-corrected chi connectivity index (χ0v) is 13.1. The molecule has 0 amide bonds. The molecule has 0 spiro atoms. The van der Waals surface area contributed by atoms with E-state index < -0.39 is 0 Å². The molecule has 0 atom stereocenters. The lowest BCUT2D eigenvalue weighted by Gasteiger charge is -2.24. The first-order valence-corrected chi connectivity index (χ1v) is 8.19. The van der Waals surface area contributed by atoms with E-state index in [9.17, 15) is 10.1 Å². The number of hydrogen-bond acceptors (Lipinski definition) is 3. The highest BCUT2D eigenvalue weighted by atomic mass is 16.6. The van der Waals surface area contributed by atoms with Crippen LogP contribution in [0.2, 0.25) is 0 Å². The van der Waals surface area contributed by atoms with Gasteiger partial charge in [-0.1, -0.05) is 37.5 Å². The molecule has 3 rings (SSSR count). The number of para-hydroxylation sites is 1. The third-order valence-electron chi connectivity index (χ3n) is 4.51. The second-order valence-corrected chi connectivity index (χ2v) is 6.08. The lowest BCUT2D eigenvalue weighted by molar-refractivity contribution is -0.384. The highest BCUT2D eigenvalue weighted by molar-refractivity contribution is 5.37. The Kier molecular flexibility index (Phi) is 4.91. The maximum atomic E-state index is 10.7. The normalized spacial score (nSPS) is 15.3. The number of nitro groups is 1. The SMILES string of the molecule is O=[N+]([O-])c1ccc(COc2ccccc2C2CCCCC2)cc1. The maximum Gasteiger partial charge on any atom is 0.269 e. The highest BCUT2D eigenvalue weighted by Crippen LogP contribution is 2.37. The molecule has 4 nitrogen and oxygen atoms in total. The quantitative estimate of drug-likeness (QED) is 0.562. The minimum atomic E-state index is -0.386. The van der Waals surface area contributed by atoms with Crippen molar-refractivity contribution < 1.29 is 9.66 Å². The number of nitro benzene ring substituents is 1. The van der Waals surface area contributed by atoms with Gasteiger partial charge in [0.15, 0.2) is 0 Å². The van der Waals surface area contributed by atoms with Gasteiger partial charge in [0.25, 0.3) is 5.69 Å². The molecular weight excluding hydrogens is 290 g/mol. The van der Waals surface area contributed by atoms with Gasteiger partial charge in [-0.2, -0.15) is 0 Å². The van der Waals surface area contributed by atoms with Crippen molar-refractivity contribution in [3.05, 3.63) is 69.8 Å². The fourth-order valence-corrected chi connectivity index (χ4v) is 3.24. The van der Waals surface area contributed by atoms with Crippen molar-refractivity contribution in [1.29, 1.82) is 0 Å². The summed E-state index contributed by atoms with van der Waals surface area (Å²) in [6, 6.07) is 14.8. The minimum Gasteiger partial charge on any atom is -0.489 e. The van der Waals surface area contributed by atoms with Crippen molar-refractivity contribution in [2.24, 2.45) is 0 Å². The van der Waals surface area contributed by atoms with Crippen LogP contribution in [0, 0.1) is 10.1 Å². The topological polar surface area (TPSA) is 52.4 Å². The second-order valence-electron chi connectivity index (χ2n) is 6.08. The molecule has 0 N–H and O–H groups in total. The van der Waals surface area contributed by atoms with Crippen LogP contribution in [-0.4, -0.2) is 4.92 Å². The number of rotatable bonds is 5. The van der Waals surface area contributed by atoms with Crippen molar-refractivity contribution in [3.63, 3.8) is 0 Å². The number of nitrogens with zero attached hydrogens (tertiary/aromatic N) is 1. The Bertz CT molecular complexity index is 661. The summed E-state index contributed by atoms with van der Waals surface area (Å²) < 4.78 is 6.01. The van der Waals surface area contributed by atoms with Gasteiger partial charge in [-0.05, 0) is 48.1 Å². The molecule has 120 valence electrons. The predicted octanol–water partition coefficient (Wildman–Crippen LogP) is 5.22. The van der Waals surface area contributed by atoms with E-state index in [0.717, 1.165) is 11.3 Å². The fourth-order valence-electron chi connectivity index (χ4n) is 3.24. The Labute approximate surface area is 136 Å². The van der Waals surface area contributed by atoms with E-state index in [1.165, 1.54) is 49.8 Å². The lowest BCUT2D eigenvalue weighted by atomic mass is 9.84. The first-order valence-electron chi connectivity index (χ1n) is 8.19. The Morgan fingerprint density at radius 3 is 2.39 bits per heavy atom. The van der Waals surface area contributed by atoms with Crippen molar-refractivity contribution in [2.75, 3.05) is 0 Å². The Morgan fingerprint density at radius 2 is 1.70 bits per heavy atom. The van der Waals surface area contributed by atoms with Gasteiger partial charge in [-0.3, -0.25) is 10.1 Å². The van der Waals surface area contributed by atoms with Gasteiger partial charge in [0.2, 0.25) is 0 Å². The van der Waals surface area contributed by atoms with Gasteiger partial charge in [-0.25, -0.2) is 0 Å². The van der Waals surface area contributed by atoms with Crippen molar-refractivity contribution >= 4 is 5.69 Å². The van der Waals surface area contributed by atoms with Crippen molar-refractivity contribution in [1.82, 2.24) is 0 Å². The average Bonchev–Trinajstić information content (AvgIpc) is 2.61. The summed E-state index contributed by atoms with van der Waals surface area (Å²) in [5.41, 5.74) is 2.35. The van der Waals surface area contributed by atoms with Gasteiger partial charge >= 0.3 is 0 Å². The van der Waals surface area contributed by atoms with Crippen LogP contribution in [0.25, 0.3) is 0 Å². The standard InChI is InChI=1S/C19H21NO3/c21-20(22)17-12-10-15(11-13-17)14-23-19-9-5-4-8-18(19)16-6-2-1-3-7-16/h4-5,8-13,16H,1-3,6-7,14H2. The molecule has 1 aliphatic rings. The fraction of sp³-hybridized carbons (Fsp3) is 0.368. The smallest absolute Gasteiger partial charge is 0.269 e. The summed E-state index contributed by atoms with van der Waals surface area (Å²) in [7, 11) is 0. The van der Waals surface area contributed by atoms with E-state index in [1.54, 1.807) is 12.1 Å². The number of benzene rings is 2. The van der Waals surface area contributed by atoms with Crippen LogP contribution in [-0.2, 0) is 6.61 Å². The van der Waals surface area contributed by atoms with Crippen LogP contribution in [0.15, 0.2) is 48.5 Å². The molecule has 1 fully saturated rings. The van der Waals surface area contributed by atoms with Crippen LogP contribution in [0.5, 0.6) is 5.75 Å². The van der Waals surface area contributed by atoms with E-state index >= 15 is 0 Å². The molecule has 0 aliphatic heterocycles. The summed E-state index contributed by atoms with van der Waals surface area (Å²) in [6.45, 7) is 0.432. The van der Waals surface area contributed by atoms with E-state index in [0.29, 0.717) is 12.5 Å². The maximum absolute atomic E-state index is 10.7. The Morgan fingerprint density at radius 1 is 1.00 bits per heavy atom.